The summed E-state index contributed by atoms with van der Waals surface area (Å²) >= 11 is 5.71. The first kappa shape index (κ1) is 13.2. The van der Waals surface area contributed by atoms with E-state index in [0.29, 0.717) is 11.1 Å². The molecular weight excluding hydrogens is 266 g/mol. The van der Waals surface area contributed by atoms with Crippen LogP contribution in [-0.4, -0.2) is 21.8 Å². The van der Waals surface area contributed by atoms with Crippen LogP contribution in [0.5, 0.6) is 0 Å². The summed E-state index contributed by atoms with van der Waals surface area (Å²) in [5.74, 6) is -1.19. The van der Waals surface area contributed by atoms with Gasteiger partial charge >= 0.3 is 5.97 Å². The van der Waals surface area contributed by atoms with Crippen molar-refractivity contribution in [3.63, 3.8) is 0 Å². The monoisotopic (exact) mass is 275 g/mol. The van der Waals surface area contributed by atoms with Crippen molar-refractivity contribution in [2.45, 2.75) is 6.92 Å². The molecule has 2 rings (SSSR count). The molecule has 0 bridgehead atoms. The third-order valence-corrected chi connectivity index (χ3v) is 2.97. The number of hydrogen-bond acceptors (Lipinski definition) is 3. The number of benzene rings is 1. The number of aromatic carboxylic acids is 1. The van der Waals surface area contributed by atoms with Gasteiger partial charge in [-0.3, -0.25) is 4.79 Å². The lowest BCUT2D eigenvalue weighted by molar-refractivity contribution is 0.0696. The van der Waals surface area contributed by atoms with E-state index in [1.165, 1.54) is 19.2 Å². The fourth-order valence-electron chi connectivity index (χ4n) is 1.67. The van der Waals surface area contributed by atoms with Gasteiger partial charge in [0.05, 0.1) is 5.56 Å². The Balaban J connectivity index is 2.53. The maximum Gasteiger partial charge on any atom is 0.338 e. The van der Waals surface area contributed by atoms with Crippen molar-refractivity contribution in [2.24, 2.45) is 0 Å². The molecule has 5 heteroatoms. The summed E-state index contributed by atoms with van der Waals surface area (Å²) in [6.07, 6.45) is 1.48. The second-order valence-electron chi connectivity index (χ2n) is 4.00. The number of carbonyl (C=O) groups is 2. The van der Waals surface area contributed by atoms with Crippen LogP contribution in [0.1, 0.15) is 27.6 Å². The van der Waals surface area contributed by atoms with Crippen LogP contribution < -0.4 is 0 Å². The van der Waals surface area contributed by atoms with E-state index in [9.17, 15) is 9.59 Å². The van der Waals surface area contributed by atoms with E-state index in [1.807, 2.05) is 0 Å². The summed E-state index contributed by atoms with van der Waals surface area (Å²) in [7, 11) is 0. The number of hydrogen-bond donors (Lipinski definition) is 1. The third-order valence-electron chi connectivity index (χ3n) is 2.67. The molecule has 1 heterocycles. The quantitative estimate of drug-likeness (QED) is 0.689. The van der Waals surface area contributed by atoms with Gasteiger partial charge in [0.2, 0.25) is 0 Å². The zero-order valence-electron chi connectivity index (χ0n) is 10.1. The Hall–Kier alpha value is -2.20. The summed E-state index contributed by atoms with van der Waals surface area (Å²) in [5.41, 5.74) is 1.82. The Morgan fingerprint density at radius 2 is 1.95 bits per heavy atom. The molecule has 0 aliphatic rings. The van der Waals surface area contributed by atoms with Crippen LogP contribution in [0.3, 0.4) is 0 Å². The maximum absolute atomic E-state index is 11.3. The van der Waals surface area contributed by atoms with Crippen LogP contribution in [0.25, 0.3) is 11.1 Å². The summed E-state index contributed by atoms with van der Waals surface area (Å²) < 4.78 is 0. The predicted octanol–water partition coefficient (Wildman–Crippen LogP) is 3.30. The molecule has 19 heavy (non-hydrogen) atoms. The predicted molar refractivity (Wildman–Crippen MR) is 71.6 cm³/mol. The second kappa shape index (κ2) is 5.20. The number of halogens is 1. The van der Waals surface area contributed by atoms with Crippen LogP contribution in [0.15, 0.2) is 36.5 Å². The summed E-state index contributed by atoms with van der Waals surface area (Å²) in [6.45, 7) is 1.47. The SMILES string of the molecule is CC(=O)c1cccc(-c2cnc(Cl)c(C(=O)O)c2)c1. The molecule has 2 aromatic rings. The first-order chi connectivity index (χ1) is 8.99. The van der Waals surface area contributed by atoms with Gasteiger partial charge in [-0.1, -0.05) is 29.8 Å². The molecule has 0 aliphatic carbocycles. The van der Waals surface area contributed by atoms with Crippen LogP contribution in [0, 0.1) is 0 Å². The average molecular weight is 276 g/mol. The van der Waals surface area contributed by atoms with Crippen molar-refractivity contribution in [3.8, 4) is 11.1 Å². The number of aromatic nitrogens is 1. The van der Waals surface area contributed by atoms with Crippen LogP contribution >= 0.6 is 11.6 Å². The highest BCUT2D eigenvalue weighted by Gasteiger charge is 2.12. The number of ketones is 1. The number of rotatable bonds is 3. The van der Waals surface area contributed by atoms with Crippen molar-refractivity contribution < 1.29 is 14.7 Å². The minimum Gasteiger partial charge on any atom is -0.478 e. The normalized spacial score (nSPS) is 10.2. The van der Waals surface area contributed by atoms with Gasteiger partial charge in [0.1, 0.15) is 5.15 Å². The van der Waals surface area contributed by atoms with Crippen LogP contribution in [0.2, 0.25) is 5.15 Å². The van der Waals surface area contributed by atoms with Crippen molar-refractivity contribution in [1.29, 1.82) is 0 Å². The van der Waals surface area contributed by atoms with E-state index in [2.05, 4.69) is 4.98 Å². The first-order valence-electron chi connectivity index (χ1n) is 5.49. The van der Waals surface area contributed by atoms with Gasteiger partial charge in [-0.25, -0.2) is 9.78 Å². The zero-order chi connectivity index (χ0) is 14.0. The first-order valence-corrected chi connectivity index (χ1v) is 5.87. The number of nitrogens with zero attached hydrogens (tertiary/aromatic N) is 1. The Morgan fingerprint density at radius 1 is 1.21 bits per heavy atom. The van der Waals surface area contributed by atoms with Gasteiger partial charge in [0.15, 0.2) is 5.78 Å². The van der Waals surface area contributed by atoms with E-state index in [1.54, 1.807) is 24.3 Å². The summed E-state index contributed by atoms with van der Waals surface area (Å²) in [5, 5.41) is 8.94. The highest BCUT2D eigenvalue weighted by atomic mass is 35.5. The van der Waals surface area contributed by atoms with E-state index < -0.39 is 5.97 Å². The molecule has 0 unspecified atom stereocenters. The Bertz CT molecular complexity index is 667. The van der Waals surface area contributed by atoms with Crippen LogP contribution in [-0.2, 0) is 0 Å². The number of carboxylic acids is 1. The zero-order valence-corrected chi connectivity index (χ0v) is 10.8. The molecule has 0 saturated carbocycles. The fraction of sp³-hybridized carbons (Fsp3) is 0.0714. The van der Waals surface area contributed by atoms with E-state index in [4.69, 9.17) is 16.7 Å². The molecule has 4 nitrogen and oxygen atoms in total. The van der Waals surface area contributed by atoms with E-state index in [0.717, 1.165) is 5.56 Å². The molecule has 0 atom stereocenters. The Morgan fingerprint density at radius 3 is 2.58 bits per heavy atom. The lowest BCUT2D eigenvalue weighted by Gasteiger charge is -2.05. The van der Waals surface area contributed by atoms with E-state index in [-0.39, 0.29) is 16.5 Å². The van der Waals surface area contributed by atoms with Gasteiger partial charge < -0.3 is 5.11 Å². The number of pyridine rings is 1. The van der Waals surface area contributed by atoms with Gasteiger partial charge in [0, 0.05) is 17.3 Å². The molecular formula is C14H10ClNO3. The van der Waals surface area contributed by atoms with Crippen molar-refractivity contribution in [1.82, 2.24) is 4.98 Å². The van der Waals surface area contributed by atoms with Crippen molar-refractivity contribution >= 4 is 23.4 Å². The smallest absolute Gasteiger partial charge is 0.338 e. The molecule has 0 fully saturated rings. The number of carbonyl (C=O) groups excluding carboxylic acids is 1. The molecule has 0 amide bonds. The minimum absolute atomic E-state index is 0.0535. The largest absolute Gasteiger partial charge is 0.478 e. The second-order valence-corrected chi connectivity index (χ2v) is 4.36. The highest BCUT2D eigenvalue weighted by Crippen LogP contribution is 2.24. The van der Waals surface area contributed by atoms with Crippen molar-refractivity contribution in [2.75, 3.05) is 0 Å². The molecule has 1 aromatic heterocycles. The molecule has 0 saturated heterocycles. The molecule has 1 N–H and O–H groups in total. The molecule has 0 aliphatic heterocycles. The lowest BCUT2D eigenvalue weighted by Crippen LogP contribution is -2.00. The molecule has 0 spiro atoms. The minimum atomic E-state index is -1.14. The topological polar surface area (TPSA) is 67.3 Å². The Kier molecular flexibility index (Phi) is 3.62. The van der Waals surface area contributed by atoms with E-state index >= 15 is 0 Å². The maximum atomic E-state index is 11.3. The number of carboxylic acid groups (broad SMARTS) is 1. The third kappa shape index (κ3) is 2.80. The lowest BCUT2D eigenvalue weighted by atomic mass is 10.0. The summed E-state index contributed by atoms with van der Waals surface area (Å²) in [6, 6.07) is 8.35. The van der Waals surface area contributed by atoms with Crippen molar-refractivity contribution in [3.05, 3.63) is 52.8 Å². The van der Waals surface area contributed by atoms with Gasteiger partial charge in [-0.05, 0) is 24.6 Å². The molecule has 1 aromatic carbocycles. The highest BCUT2D eigenvalue weighted by molar-refractivity contribution is 6.32. The standard InChI is InChI=1S/C14H10ClNO3/c1-8(17)9-3-2-4-10(5-9)11-6-12(14(18)19)13(15)16-7-11/h2-7H,1H3,(H,18,19). The average Bonchev–Trinajstić information content (AvgIpc) is 2.39. The number of Topliss-reactive ketones (excluding diaryl/α,β-unsaturated/α-hetero) is 1. The summed E-state index contributed by atoms with van der Waals surface area (Å²) in [4.78, 5) is 26.2. The van der Waals surface area contributed by atoms with Gasteiger partial charge in [-0.15, -0.1) is 0 Å². The van der Waals surface area contributed by atoms with Gasteiger partial charge in [-0.2, -0.15) is 0 Å². The fourth-order valence-corrected chi connectivity index (χ4v) is 1.86. The van der Waals surface area contributed by atoms with Gasteiger partial charge in [0.25, 0.3) is 0 Å². The Labute approximate surface area is 114 Å². The van der Waals surface area contributed by atoms with Crippen LogP contribution in [0.4, 0.5) is 0 Å². The molecule has 0 radical (unpaired) electrons. The molecule has 96 valence electrons.